The topological polar surface area (TPSA) is 108 Å². The van der Waals surface area contributed by atoms with Crippen molar-refractivity contribution in [2.75, 3.05) is 0 Å². The molecule has 0 fully saturated rings. The lowest BCUT2D eigenvalue weighted by atomic mass is 10.1. The maximum absolute atomic E-state index is 12.8. The van der Waals surface area contributed by atoms with Crippen molar-refractivity contribution in [3.05, 3.63) is 53.6 Å². The summed E-state index contributed by atoms with van der Waals surface area (Å²) in [4.78, 5) is 48.6. The fourth-order valence-corrected chi connectivity index (χ4v) is 3.58. The molecule has 31 heavy (non-hydrogen) atoms. The fraction of sp³-hybridized carbons (Fsp3) is 0.273. The normalized spacial score (nSPS) is 13.8. The standard InChI is InChI=1S/C22H21NO7S/c1-12(24)28-13-8-10-14(11-9-13)31-21(20(27)30-22(2,3)4)29-16-7-5-6-15-17(16)19(26)23-18(15)25/h5-11,21H,1-4H3,(H,23,25,26). The summed E-state index contributed by atoms with van der Waals surface area (Å²) in [6.45, 7) is 6.49. The molecule has 1 N–H and O–H groups in total. The number of rotatable bonds is 6. The number of carbonyl (C=O) groups is 4. The van der Waals surface area contributed by atoms with Crippen LogP contribution in [0, 0.1) is 0 Å². The molecule has 2 amide bonds. The van der Waals surface area contributed by atoms with E-state index in [0.717, 1.165) is 11.8 Å². The van der Waals surface area contributed by atoms with Crippen LogP contribution in [0.15, 0.2) is 47.4 Å². The van der Waals surface area contributed by atoms with E-state index in [-0.39, 0.29) is 16.9 Å². The smallest absolute Gasteiger partial charge is 0.359 e. The predicted molar refractivity (Wildman–Crippen MR) is 112 cm³/mol. The van der Waals surface area contributed by atoms with Crippen molar-refractivity contribution in [2.45, 2.75) is 43.6 Å². The third kappa shape index (κ3) is 5.64. The van der Waals surface area contributed by atoms with Crippen LogP contribution in [0.3, 0.4) is 0 Å². The first-order chi connectivity index (χ1) is 14.5. The van der Waals surface area contributed by atoms with Gasteiger partial charge in [0.1, 0.15) is 17.1 Å². The maximum Gasteiger partial charge on any atom is 0.359 e. The van der Waals surface area contributed by atoms with E-state index in [1.54, 1.807) is 51.1 Å². The Kier molecular flexibility index (Phi) is 6.35. The number of hydrogen-bond donors (Lipinski definition) is 1. The van der Waals surface area contributed by atoms with Gasteiger partial charge < -0.3 is 14.2 Å². The van der Waals surface area contributed by atoms with Crippen LogP contribution in [0.2, 0.25) is 0 Å². The van der Waals surface area contributed by atoms with Gasteiger partial charge in [-0.3, -0.25) is 19.7 Å². The SMILES string of the molecule is CC(=O)Oc1ccc(SC(Oc2cccc3c2C(=O)NC3=O)C(=O)OC(C)(C)C)cc1. The third-order valence-electron chi connectivity index (χ3n) is 3.89. The second-order valence-corrected chi connectivity index (χ2v) is 8.76. The van der Waals surface area contributed by atoms with Crippen molar-refractivity contribution in [1.29, 1.82) is 0 Å². The number of imide groups is 1. The lowest BCUT2D eigenvalue weighted by Crippen LogP contribution is -2.33. The first-order valence-electron chi connectivity index (χ1n) is 9.37. The Bertz CT molecular complexity index is 1040. The zero-order valence-corrected chi connectivity index (χ0v) is 18.2. The summed E-state index contributed by atoms with van der Waals surface area (Å²) < 4.78 is 16.3. The van der Waals surface area contributed by atoms with Gasteiger partial charge in [0.05, 0.1) is 11.1 Å². The minimum absolute atomic E-state index is 0.0758. The number of nitrogens with one attached hydrogen (secondary N) is 1. The lowest BCUT2D eigenvalue weighted by Gasteiger charge is -2.24. The minimum Gasteiger partial charge on any atom is -0.467 e. The zero-order chi connectivity index (χ0) is 22.8. The Morgan fingerprint density at radius 3 is 2.29 bits per heavy atom. The molecular formula is C22H21NO7S. The quantitative estimate of drug-likeness (QED) is 0.238. The van der Waals surface area contributed by atoms with Crippen molar-refractivity contribution >= 4 is 35.5 Å². The molecule has 1 heterocycles. The molecule has 162 valence electrons. The van der Waals surface area contributed by atoms with Gasteiger partial charge in [0.2, 0.25) is 5.44 Å². The van der Waals surface area contributed by atoms with Gasteiger partial charge in [-0.2, -0.15) is 0 Å². The van der Waals surface area contributed by atoms with Crippen LogP contribution in [0.1, 0.15) is 48.4 Å². The number of carbonyl (C=O) groups excluding carboxylic acids is 4. The van der Waals surface area contributed by atoms with Gasteiger partial charge in [-0.05, 0) is 57.2 Å². The summed E-state index contributed by atoms with van der Waals surface area (Å²) in [6.07, 6.45) is 0. The highest BCUT2D eigenvalue weighted by molar-refractivity contribution is 8.00. The second kappa shape index (κ2) is 8.81. The van der Waals surface area contributed by atoms with Crippen LogP contribution >= 0.6 is 11.8 Å². The summed E-state index contributed by atoms with van der Waals surface area (Å²) in [7, 11) is 0. The largest absolute Gasteiger partial charge is 0.467 e. The summed E-state index contributed by atoms with van der Waals surface area (Å²) >= 11 is 1.05. The molecule has 1 aliphatic heterocycles. The van der Waals surface area contributed by atoms with Crippen LogP contribution in [-0.2, 0) is 14.3 Å². The van der Waals surface area contributed by atoms with E-state index < -0.39 is 34.8 Å². The lowest BCUT2D eigenvalue weighted by molar-refractivity contribution is -0.159. The molecule has 9 heteroatoms. The van der Waals surface area contributed by atoms with Crippen molar-refractivity contribution in [2.24, 2.45) is 0 Å². The van der Waals surface area contributed by atoms with Crippen LogP contribution in [0.4, 0.5) is 0 Å². The molecule has 1 aliphatic rings. The second-order valence-electron chi connectivity index (χ2n) is 7.63. The van der Waals surface area contributed by atoms with Gasteiger partial charge in [0, 0.05) is 11.8 Å². The molecule has 2 aromatic rings. The molecule has 3 rings (SSSR count). The van der Waals surface area contributed by atoms with E-state index in [0.29, 0.717) is 10.6 Å². The summed E-state index contributed by atoms with van der Waals surface area (Å²) in [6, 6.07) is 11.1. The van der Waals surface area contributed by atoms with Crippen LogP contribution in [0.5, 0.6) is 11.5 Å². The monoisotopic (exact) mass is 443 g/mol. The third-order valence-corrected chi connectivity index (χ3v) is 4.93. The van der Waals surface area contributed by atoms with Crippen molar-refractivity contribution in [1.82, 2.24) is 5.32 Å². The molecule has 1 unspecified atom stereocenters. The molecule has 2 aromatic carbocycles. The molecular weight excluding hydrogens is 422 g/mol. The van der Waals surface area contributed by atoms with E-state index in [9.17, 15) is 19.2 Å². The van der Waals surface area contributed by atoms with Gasteiger partial charge >= 0.3 is 11.9 Å². The molecule has 0 saturated heterocycles. The highest BCUT2D eigenvalue weighted by atomic mass is 32.2. The molecule has 0 radical (unpaired) electrons. The number of benzene rings is 2. The average molecular weight is 443 g/mol. The van der Waals surface area contributed by atoms with Gasteiger partial charge in [0.25, 0.3) is 11.8 Å². The van der Waals surface area contributed by atoms with E-state index in [2.05, 4.69) is 5.32 Å². The van der Waals surface area contributed by atoms with Crippen LogP contribution < -0.4 is 14.8 Å². The van der Waals surface area contributed by atoms with Crippen LogP contribution in [-0.4, -0.2) is 34.8 Å². The van der Waals surface area contributed by atoms with Gasteiger partial charge in [-0.1, -0.05) is 17.8 Å². The highest BCUT2D eigenvalue weighted by Crippen LogP contribution is 2.33. The molecule has 0 spiro atoms. The molecule has 0 aliphatic carbocycles. The van der Waals surface area contributed by atoms with Gasteiger partial charge in [-0.25, -0.2) is 4.79 Å². The average Bonchev–Trinajstić information content (AvgIpc) is 2.96. The van der Waals surface area contributed by atoms with Crippen molar-refractivity contribution in [3.8, 4) is 11.5 Å². The summed E-state index contributed by atoms with van der Waals surface area (Å²) in [5.41, 5.74) is -1.66. The van der Waals surface area contributed by atoms with Crippen molar-refractivity contribution < 1.29 is 33.4 Å². The Labute approximate surface area is 183 Å². The number of hydrogen-bond acceptors (Lipinski definition) is 8. The predicted octanol–water partition coefficient (Wildman–Crippen LogP) is 3.33. The number of thioether (sulfide) groups is 1. The molecule has 0 bridgehead atoms. The first kappa shape index (κ1) is 22.4. The Hall–Kier alpha value is -3.33. The van der Waals surface area contributed by atoms with Gasteiger partial charge in [-0.15, -0.1) is 0 Å². The van der Waals surface area contributed by atoms with E-state index in [1.165, 1.54) is 19.1 Å². The van der Waals surface area contributed by atoms with Gasteiger partial charge in [0.15, 0.2) is 0 Å². The Balaban J connectivity index is 1.88. The summed E-state index contributed by atoms with van der Waals surface area (Å²) in [5, 5.41) is 2.21. The maximum atomic E-state index is 12.8. The van der Waals surface area contributed by atoms with E-state index >= 15 is 0 Å². The number of esters is 2. The highest BCUT2D eigenvalue weighted by Gasteiger charge is 2.34. The number of fused-ring (bicyclic) bond motifs is 1. The molecule has 1 atom stereocenters. The molecule has 0 aromatic heterocycles. The van der Waals surface area contributed by atoms with E-state index in [1.807, 2.05) is 0 Å². The number of amides is 2. The molecule has 0 saturated carbocycles. The zero-order valence-electron chi connectivity index (χ0n) is 17.4. The fourth-order valence-electron chi connectivity index (χ4n) is 2.75. The first-order valence-corrected chi connectivity index (χ1v) is 10.2. The van der Waals surface area contributed by atoms with Crippen molar-refractivity contribution in [3.63, 3.8) is 0 Å². The van der Waals surface area contributed by atoms with Crippen LogP contribution in [0.25, 0.3) is 0 Å². The minimum atomic E-state index is -1.16. The van der Waals surface area contributed by atoms with E-state index in [4.69, 9.17) is 14.2 Å². The Morgan fingerprint density at radius 1 is 1.00 bits per heavy atom. The molecule has 8 nitrogen and oxygen atoms in total. The summed E-state index contributed by atoms with van der Waals surface area (Å²) in [5.74, 6) is -1.74. The number of ether oxygens (including phenoxy) is 3. The Morgan fingerprint density at radius 2 is 1.68 bits per heavy atom.